The third-order valence-corrected chi connectivity index (χ3v) is 10.3. The maximum Gasteiger partial charge on any atom is 0.306 e. The second-order valence-electron chi connectivity index (χ2n) is 16.9. The Hall–Kier alpha value is -5.49. The highest BCUT2D eigenvalue weighted by molar-refractivity contribution is 5.71. The quantitative estimate of drug-likeness (QED) is 0.0199. The predicted octanol–water partition coefficient (Wildman–Crippen LogP) is 18.1. The molecule has 0 aromatic carbocycles. The van der Waals surface area contributed by atoms with Crippen molar-refractivity contribution in [3.05, 3.63) is 182 Å². The fourth-order valence-electron chi connectivity index (χ4n) is 6.39. The molecule has 0 bridgehead atoms. The second kappa shape index (κ2) is 56.1. The summed E-state index contributed by atoms with van der Waals surface area (Å²) in [5, 5.41) is 0. The van der Waals surface area contributed by atoms with Gasteiger partial charge in [-0.2, -0.15) is 0 Å². The van der Waals surface area contributed by atoms with Crippen molar-refractivity contribution >= 4 is 17.9 Å². The van der Waals surface area contributed by atoms with Crippen LogP contribution in [-0.4, -0.2) is 37.2 Å². The van der Waals surface area contributed by atoms with Gasteiger partial charge in [-0.05, 0) is 96.3 Å². The van der Waals surface area contributed by atoms with Crippen molar-refractivity contribution < 1.29 is 28.6 Å². The van der Waals surface area contributed by atoms with Crippen LogP contribution < -0.4 is 0 Å². The Balaban J connectivity index is 4.65. The largest absolute Gasteiger partial charge is 0.462 e. The number of esters is 3. The van der Waals surface area contributed by atoms with Gasteiger partial charge in [0.2, 0.25) is 0 Å². The first kappa shape index (κ1) is 64.5. The molecule has 0 saturated heterocycles. The van der Waals surface area contributed by atoms with E-state index >= 15 is 0 Å². The molecule has 0 aromatic heterocycles. The molecule has 0 N–H and O–H groups in total. The summed E-state index contributed by atoms with van der Waals surface area (Å²) in [6, 6.07) is 0. The number of carbonyl (C=O) groups is 3. The van der Waals surface area contributed by atoms with E-state index in [4.69, 9.17) is 14.2 Å². The van der Waals surface area contributed by atoms with Crippen LogP contribution in [0.25, 0.3) is 0 Å². The first-order valence-corrected chi connectivity index (χ1v) is 26.9. The van der Waals surface area contributed by atoms with Gasteiger partial charge in [0.05, 0.1) is 0 Å². The van der Waals surface area contributed by atoms with E-state index in [0.717, 1.165) is 122 Å². The van der Waals surface area contributed by atoms with Gasteiger partial charge in [0.25, 0.3) is 0 Å². The monoisotopic (exact) mass is 959 g/mol. The van der Waals surface area contributed by atoms with Crippen LogP contribution in [0.2, 0.25) is 0 Å². The maximum atomic E-state index is 12.8. The number of allylic oxidation sites excluding steroid dienone is 30. The molecule has 6 heteroatoms. The van der Waals surface area contributed by atoms with Gasteiger partial charge in [-0.3, -0.25) is 14.4 Å². The second-order valence-corrected chi connectivity index (χ2v) is 16.9. The summed E-state index contributed by atoms with van der Waals surface area (Å²) >= 11 is 0. The van der Waals surface area contributed by atoms with Crippen LogP contribution >= 0.6 is 0 Å². The van der Waals surface area contributed by atoms with Crippen molar-refractivity contribution in [2.24, 2.45) is 0 Å². The van der Waals surface area contributed by atoms with Gasteiger partial charge in [0.15, 0.2) is 6.10 Å². The van der Waals surface area contributed by atoms with Gasteiger partial charge in [-0.25, -0.2) is 0 Å². The molecule has 0 saturated carbocycles. The van der Waals surface area contributed by atoms with Gasteiger partial charge in [0, 0.05) is 19.3 Å². The van der Waals surface area contributed by atoms with E-state index in [1.54, 1.807) is 0 Å². The molecule has 0 aliphatic carbocycles. The van der Waals surface area contributed by atoms with Crippen molar-refractivity contribution in [2.45, 2.75) is 187 Å². The van der Waals surface area contributed by atoms with Crippen LogP contribution in [-0.2, 0) is 28.6 Å². The molecule has 0 aliphatic rings. The van der Waals surface area contributed by atoms with E-state index in [1.165, 1.54) is 6.42 Å². The molecule has 0 aliphatic heterocycles. The lowest BCUT2D eigenvalue weighted by Crippen LogP contribution is -2.30. The zero-order valence-corrected chi connectivity index (χ0v) is 43.9. The summed E-state index contributed by atoms with van der Waals surface area (Å²) in [5.41, 5.74) is 0. The fourth-order valence-corrected chi connectivity index (χ4v) is 6.39. The van der Waals surface area contributed by atoms with Gasteiger partial charge < -0.3 is 14.2 Å². The van der Waals surface area contributed by atoms with Gasteiger partial charge in [-0.15, -0.1) is 0 Å². The van der Waals surface area contributed by atoms with E-state index < -0.39 is 6.10 Å². The predicted molar refractivity (Wildman–Crippen MR) is 301 cm³/mol. The first-order chi connectivity index (χ1) is 34.5. The topological polar surface area (TPSA) is 78.9 Å². The van der Waals surface area contributed by atoms with Gasteiger partial charge in [0.1, 0.15) is 13.2 Å². The Bertz CT molecular complexity index is 1720. The molecule has 1 atom stereocenters. The third-order valence-electron chi connectivity index (χ3n) is 10.3. The molecule has 0 fully saturated rings. The van der Waals surface area contributed by atoms with Crippen molar-refractivity contribution in [1.82, 2.24) is 0 Å². The van der Waals surface area contributed by atoms with Crippen molar-refractivity contribution in [3.63, 3.8) is 0 Å². The molecule has 0 heterocycles. The minimum Gasteiger partial charge on any atom is -0.462 e. The average Bonchev–Trinajstić information content (AvgIpc) is 3.36. The molecule has 70 heavy (non-hydrogen) atoms. The molecule has 6 nitrogen and oxygen atoms in total. The summed E-state index contributed by atoms with van der Waals surface area (Å²) in [6.45, 7) is 6.16. The van der Waals surface area contributed by atoms with Crippen LogP contribution in [0.5, 0.6) is 0 Å². The van der Waals surface area contributed by atoms with Crippen LogP contribution in [0.4, 0.5) is 0 Å². The lowest BCUT2D eigenvalue weighted by molar-refractivity contribution is -0.166. The first-order valence-electron chi connectivity index (χ1n) is 26.9. The van der Waals surface area contributed by atoms with E-state index in [0.29, 0.717) is 19.3 Å². The SMILES string of the molecule is CC\C=C/C=C\C=C/C=C\CCCCCCCC(=O)OCC(COC(=O)CC/C=C\C/C=C\C/C=C\C/C=C\C/C=C\C/C=C\CC)OC(=O)CCCCCCC\C=C/C=C\C=C/C=C\C=C/CCC. The lowest BCUT2D eigenvalue weighted by Gasteiger charge is -2.18. The summed E-state index contributed by atoms with van der Waals surface area (Å²) in [6.07, 6.45) is 84.5. The van der Waals surface area contributed by atoms with Crippen molar-refractivity contribution in [3.8, 4) is 0 Å². The highest BCUT2D eigenvalue weighted by Crippen LogP contribution is 2.12. The van der Waals surface area contributed by atoms with Gasteiger partial charge >= 0.3 is 17.9 Å². The Labute approximate surface area is 427 Å². The minimum absolute atomic E-state index is 0.135. The average molecular weight is 959 g/mol. The molecule has 386 valence electrons. The zero-order chi connectivity index (χ0) is 50.7. The van der Waals surface area contributed by atoms with Crippen LogP contribution in [0, 0.1) is 0 Å². The summed E-state index contributed by atoms with van der Waals surface area (Å²) in [5.74, 6) is -1.08. The van der Waals surface area contributed by atoms with E-state index in [9.17, 15) is 14.4 Å². The standard InChI is InChI=1S/C64H94O6/c1-4-7-10-13-16-19-22-25-28-30-32-34-36-39-42-45-48-51-54-57-63(66)69-60-61(59-68-62(65)56-53-50-47-44-41-38-35-27-24-21-18-15-12-9-6-3)70-64(67)58-55-52-49-46-43-40-37-33-31-29-26-23-20-17-14-11-8-5-2/h7,9-12,14-21,23-29,31-35,37,39,42,48,51,61H,4-6,8,13,22,30,36,38,40-41,43-47,49-50,52-60H2,1-3H3/b10-7-,12-9-,14-11-,18-15-,19-16-,20-17-,24-21-,26-23-,28-25-,31-29-,34-32-,35-27-,37-33-,42-39-,51-48-. The Morgan fingerprint density at radius 3 is 1.10 bits per heavy atom. The molecule has 0 rings (SSSR count). The molecular weight excluding hydrogens is 865 g/mol. The number of rotatable bonds is 45. The summed E-state index contributed by atoms with van der Waals surface area (Å²) in [7, 11) is 0. The van der Waals surface area contributed by atoms with Crippen molar-refractivity contribution in [1.29, 1.82) is 0 Å². The Morgan fingerprint density at radius 1 is 0.314 bits per heavy atom. The maximum absolute atomic E-state index is 12.8. The Morgan fingerprint density at radius 2 is 0.657 bits per heavy atom. The zero-order valence-electron chi connectivity index (χ0n) is 43.9. The smallest absolute Gasteiger partial charge is 0.306 e. The summed E-state index contributed by atoms with van der Waals surface area (Å²) < 4.78 is 16.7. The lowest BCUT2D eigenvalue weighted by atomic mass is 10.1. The van der Waals surface area contributed by atoms with Crippen LogP contribution in [0.1, 0.15) is 181 Å². The molecular formula is C64H94O6. The fraction of sp³-hybridized carbons (Fsp3) is 0.484. The molecule has 0 aromatic rings. The summed E-state index contributed by atoms with van der Waals surface area (Å²) in [4.78, 5) is 38.1. The van der Waals surface area contributed by atoms with Crippen LogP contribution in [0.15, 0.2) is 182 Å². The molecule has 0 spiro atoms. The third kappa shape index (κ3) is 53.5. The normalized spacial score (nSPS) is 13.6. The highest BCUT2D eigenvalue weighted by Gasteiger charge is 2.19. The van der Waals surface area contributed by atoms with E-state index in [1.807, 2.05) is 72.9 Å². The number of hydrogen-bond acceptors (Lipinski definition) is 6. The molecule has 0 radical (unpaired) electrons. The van der Waals surface area contributed by atoms with Crippen LogP contribution in [0.3, 0.4) is 0 Å². The highest BCUT2D eigenvalue weighted by atomic mass is 16.6. The number of ether oxygens (including phenoxy) is 3. The van der Waals surface area contributed by atoms with E-state index in [2.05, 4.69) is 130 Å². The van der Waals surface area contributed by atoms with Crippen molar-refractivity contribution in [2.75, 3.05) is 13.2 Å². The van der Waals surface area contributed by atoms with Gasteiger partial charge in [-0.1, -0.05) is 248 Å². The Kier molecular flexibility index (Phi) is 51.7. The number of unbranched alkanes of at least 4 members (excludes halogenated alkanes) is 11. The minimum atomic E-state index is -0.844. The molecule has 0 amide bonds. The van der Waals surface area contributed by atoms with E-state index in [-0.39, 0.29) is 44.0 Å². The molecule has 1 unspecified atom stereocenters. The number of carbonyl (C=O) groups excluding carboxylic acids is 3. The number of hydrogen-bond donors (Lipinski definition) is 0.